The number of hydrogen-bond donors (Lipinski definition) is 2. The molecule has 4 rings (SSSR count). The number of rotatable bonds is 9. The number of thioether (sulfide) groups is 1. The number of nitrogens with one attached hydrogen (secondary N) is 1. The molecule has 0 aromatic heterocycles. The topological polar surface area (TPSA) is 122 Å². The number of ether oxygens (including phenoxy) is 2. The van der Waals surface area contributed by atoms with E-state index < -0.39 is 41.3 Å². The third kappa shape index (κ3) is 7.06. The molecule has 212 valence electrons. The summed E-state index contributed by atoms with van der Waals surface area (Å²) in [5.74, 6) is -2.36. The van der Waals surface area contributed by atoms with Crippen LogP contribution in [0.15, 0.2) is 71.6 Å². The lowest BCUT2D eigenvalue weighted by Crippen LogP contribution is -2.36. The quantitative estimate of drug-likeness (QED) is 0.308. The molecular formula is C28H21F3N2O7S. The number of para-hydroxylation sites is 1. The summed E-state index contributed by atoms with van der Waals surface area (Å²) in [7, 11) is 1.22. The molecule has 1 aliphatic rings. The number of benzene rings is 3. The number of anilines is 1. The number of nitrogens with zero attached hydrogens (tertiary/aromatic N) is 1. The van der Waals surface area contributed by atoms with E-state index in [2.05, 4.69) is 5.32 Å². The van der Waals surface area contributed by atoms with Gasteiger partial charge in [0, 0.05) is 5.56 Å². The Morgan fingerprint density at radius 1 is 1.02 bits per heavy atom. The standard InChI is InChI=1S/C28H21F3N2O7S/c1-39-22-11-10-19(28(29,30)31)13-20(22)32-24(34)14-33-25(35)23(41-27(33)38)12-18-4-2-3-5-21(18)40-15-16-6-8-17(9-7-16)26(36)37/h2-13H,14-15H2,1H3,(H,32,34)(H,36,37)/b23-12-. The molecule has 3 aromatic rings. The Labute approximate surface area is 235 Å². The number of carbonyl (C=O) groups is 4. The Hall–Kier alpha value is -4.78. The van der Waals surface area contributed by atoms with Crippen LogP contribution in [-0.2, 0) is 22.4 Å². The van der Waals surface area contributed by atoms with E-state index in [0.29, 0.717) is 39.6 Å². The average molecular weight is 587 g/mol. The Balaban J connectivity index is 1.45. The third-order valence-electron chi connectivity index (χ3n) is 5.78. The maximum atomic E-state index is 13.1. The van der Waals surface area contributed by atoms with E-state index in [1.807, 2.05) is 0 Å². The van der Waals surface area contributed by atoms with Gasteiger partial charge in [-0.15, -0.1) is 0 Å². The van der Waals surface area contributed by atoms with Crippen molar-refractivity contribution in [2.24, 2.45) is 0 Å². The Morgan fingerprint density at radius 3 is 2.39 bits per heavy atom. The summed E-state index contributed by atoms with van der Waals surface area (Å²) in [4.78, 5) is 49.9. The highest BCUT2D eigenvalue weighted by molar-refractivity contribution is 8.18. The van der Waals surface area contributed by atoms with E-state index in [1.54, 1.807) is 36.4 Å². The molecule has 41 heavy (non-hydrogen) atoms. The van der Waals surface area contributed by atoms with Crippen molar-refractivity contribution in [3.8, 4) is 11.5 Å². The summed E-state index contributed by atoms with van der Waals surface area (Å²) in [6.07, 6.45) is -3.23. The smallest absolute Gasteiger partial charge is 0.416 e. The first-order chi connectivity index (χ1) is 19.5. The van der Waals surface area contributed by atoms with Crippen molar-refractivity contribution >= 4 is 46.5 Å². The van der Waals surface area contributed by atoms with Gasteiger partial charge in [-0.05, 0) is 59.8 Å². The maximum Gasteiger partial charge on any atom is 0.416 e. The molecule has 0 saturated carbocycles. The van der Waals surface area contributed by atoms with E-state index in [1.165, 1.54) is 25.3 Å². The maximum absolute atomic E-state index is 13.1. The highest BCUT2D eigenvalue weighted by Gasteiger charge is 2.37. The number of carboxylic acid groups (broad SMARTS) is 1. The zero-order valence-corrected chi connectivity index (χ0v) is 22.0. The van der Waals surface area contributed by atoms with Gasteiger partial charge in [0.25, 0.3) is 11.1 Å². The van der Waals surface area contributed by atoms with Crippen molar-refractivity contribution < 1.29 is 46.9 Å². The third-order valence-corrected chi connectivity index (χ3v) is 6.68. The number of methoxy groups -OCH3 is 1. The second-order valence-electron chi connectivity index (χ2n) is 8.56. The van der Waals surface area contributed by atoms with Crippen LogP contribution in [0.25, 0.3) is 6.08 Å². The SMILES string of the molecule is COc1ccc(C(F)(F)F)cc1NC(=O)CN1C(=O)S/C(=C\c2ccccc2OCc2ccc(C(=O)O)cc2)C1=O. The zero-order valence-electron chi connectivity index (χ0n) is 21.2. The predicted molar refractivity (Wildman–Crippen MR) is 143 cm³/mol. The molecule has 0 atom stereocenters. The molecule has 0 spiro atoms. The monoisotopic (exact) mass is 586 g/mol. The molecule has 0 aliphatic carbocycles. The van der Waals surface area contributed by atoms with Gasteiger partial charge in [-0.1, -0.05) is 30.3 Å². The van der Waals surface area contributed by atoms with Crippen molar-refractivity contribution in [2.45, 2.75) is 12.8 Å². The van der Waals surface area contributed by atoms with Gasteiger partial charge in [0.15, 0.2) is 0 Å². The lowest BCUT2D eigenvalue weighted by atomic mass is 10.1. The summed E-state index contributed by atoms with van der Waals surface area (Å²) < 4.78 is 50.2. The molecular weight excluding hydrogens is 565 g/mol. The van der Waals surface area contributed by atoms with Crippen LogP contribution in [0.3, 0.4) is 0 Å². The van der Waals surface area contributed by atoms with Gasteiger partial charge in [0.2, 0.25) is 5.91 Å². The number of halogens is 3. The molecule has 9 nitrogen and oxygen atoms in total. The molecule has 1 fully saturated rings. The van der Waals surface area contributed by atoms with Crippen molar-refractivity contribution in [2.75, 3.05) is 19.0 Å². The number of alkyl halides is 3. The van der Waals surface area contributed by atoms with Crippen molar-refractivity contribution in [3.05, 3.63) is 93.9 Å². The van der Waals surface area contributed by atoms with Crippen LogP contribution >= 0.6 is 11.8 Å². The minimum absolute atomic E-state index is 0.0151. The Kier molecular flexibility index (Phi) is 8.67. The molecule has 0 bridgehead atoms. The number of hydrogen-bond acceptors (Lipinski definition) is 7. The van der Waals surface area contributed by atoms with E-state index in [4.69, 9.17) is 14.6 Å². The molecule has 3 amide bonds. The number of amides is 3. The van der Waals surface area contributed by atoms with Crippen LogP contribution in [0, 0.1) is 0 Å². The lowest BCUT2D eigenvalue weighted by Gasteiger charge is -2.16. The van der Waals surface area contributed by atoms with Crippen LogP contribution in [-0.4, -0.2) is 46.7 Å². The first-order valence-electron chi connectivity index (χ1n) is 11.8. The second kappa shape index (κ2) is 12.2. The van der Waals surface area contributed by atoms with E-state index in [-0.39, 0.29) is 28.5 Å². The van der Waals surface area contributed by atoms with E-state index in [0.717, 1.165) is 12.1 Å². The van der Waals surface area contributed by atoms with Gasteiger partial charge >= 0.3 is 12.1 Å². The largest absolute Gasteiger partial charge is 0.495 e. The fourth-order valence-corrected chi connectivity index (χ4v) is 4.56. The van der Waals surface area contributed by atoms with Crippen molar-refractivity contribution in [1.82, 2.24) is 4.90 Å². The molecule has 0 unspecified atom stereocenters. The van der Waals surface area contributed by atoms with Crippen molar-refractivity contribution in [3.63, 3.8) is 0 Å². The van der Waals surface area contributed by atoms with E-state index >= 15 is 0 Å². The van der Waals surface area contributed by atoms with Gasteiger partial charge in [-0.25, -0.2) is 4.79 Å². The fraction of sp³-hybridized carbons (Fsp3) is 0.143. The first-order valence-corrected chi connectivity index (χ1v) is 12.6. The number of carbonyl (C=O) groups excluding carboxylic acids is 3. The summed E-state index contributed by atoms with van der Waals surface area (Å²) in [5.41, 5.74) is 0.0266. The molecule has 1 saturated heterocycles. The summed E-state index contributed by atoms with van der Waals surface area (Å²) in [5, 5.41) is 10.6. The molecule has 1 aliphatic heterocycles. The Bertz CT molecular complexity index is 1540. The zero-order chi connectivity index (χ0) is 29.7. The highest BCUT2D eigenvalue weighted by atomic mass is 32.2. The van der Waals surface area contributed by atoms with Gasteiger partial charge in [0.05, 0.1) is 28.8 Å². The molecule has 13 heteroatoms. The predicted octanol–water partition coefficient (Wildman–Crippen LogP) is 5.67. The van der Waals surface area contributed by atoms with Gasteiger partial charge in [-0.2, -0.15) is 13.2 Å². The van der Waals surface area contributed by atoms with Crippen LogP contribution in [0.5, 0.6) is 11.5 Å². The summed E-state index contributed by atoms with van der Waals surface area (Å²) >= 11 is 0.600. The van der Waals surface area contributed by atoms with Crippen LogP contribution in [0.1, 0.15) is 27.0 Å². The molecule has 3 aromatic carbocycles. The Morgan fingerprint density at radius 2 is 1.73 bits per heavy atom. The fourth-order valence-electron chi connectivity index (χ4n) is 3.73. The van der Waals surface area contributed by atoms with Gasteiger partial charge < -0.3 is 19.9 Å². The summed E-state index contributed by atoms with van der Waals surface area (Å²) in [6, 6.07) is 15.4. The normalized spacial score (nSPS) is 14.3. The van der Waals surface area contributed by atoms with E-state index in [9.17, 15) is 32.3 Å². The first kappa shape index (κ1) is 29.2. The highest BCUT2D eigenvalue weighted by Crippen LogP contribution is 2.36. The number of carboxylic acids is 1. The van der Waals surface area contributed by atoms with Crippen LogP contribution in [0.2, 0.25) is 0 Å². The van der Waals surface area contributed by atoms with Crippen molar-refractivity contribution in [1.29, 1.82) is 0 Å². The molecule has 0 radical (unpaired) electrons. The average Bonchev–Trinajstić information content (AvgIpc) is 3.19. The minimum Gasteiger partial charge on any atom is -0.495 e. The van der Waals surface area contributed by atoms with Gasteiger partial charge in [0.1, 0.15) is 24.7 Å². The second-order valence-corrected chi connectivity index (χ2v) is 9.55. The summed E-state index contributed by atoms with van der Waals surface area (Å²) in [6.45, 7) is -0.628. The number of aromatic carboxylic acids is 1. The van der Waals surface area contributed by atoms with Gasteiger partial charge in [-0.3, -0.25) is 19.3 Å². The number of imide groups is 1. The van der Waals surface area contributed by atoms with Crippen LogP contribution < -0.4 is 14.8 Å². The van der Waals surface area contributed by atoms with Crippen LogP contribution in [0.4, 0.5) is 23.7 Å². The molecule has 1 heterocycles. The minimum atomic E-state index is -4.66. The lowest BCUT2D eigenvalue weighted by molar-refractivity contribution is -0.137. The molecule has 2 N–H and O–H groups in total.